The Bertz CT molecular complexity index is 117. The van der Waals surface area contributed by atoms with E-state index in [1.165, 1.54) is 0 Å². The molecule has 0 unspecified atom stereocenters. The van der Waals surface area contributed by atoms with Crippen molar-refractivity contribution in [2.75, 3.05) is 6.54 Å². The average molecular weight is 86.0 g/mol. The van der Waals surface area contributed by atoms with Crippen molar-refractivity contribution in [3.8, 4) is 0 Å². The fourth-order valence-corrected chi connectivity index (χ4v) is 0.229. The van der Waals surface area contributed by atoms with Crippen LogP contribution in [0.15, 0.2) is 5.11 Å². The summed E-state index contributed by atoms with van der Waals surface area (Å²) in [4.78, 5) is 10.1. The zero-order valence-electron chi connectivity index (χ0n) is 2.92. The summed E-state index contributed by atoms with van der Waals surface area (Å²) in [6.07, 6.45) is 0. The number of hydrogen-bond donors (Lipinski definition) is 0. The van der Waals surface area contributed by atoms with E-state index in [9.17, 15) is 10.0 Å². The van der Waals surface area contributed by atoms with Crippen LogP contribution in [0.1, 0.15) is 0 Å². The van der Waals surface area contributed by atoms with Crippen LogP contribution in [0.2, 0.25) is 0 Å². The van der Waals surface area contributed by atoms with Gasteiger partial charge >= 0.3 is 5.91 Å². The highest BCUT2D eigenvalue weighted by atomic mass is 16.5. The van der Waals surface area contributed by atoms with Gasteiger partial charge in [0.2, 0.25) is 0 Å². The Morgan fingerprint density at radius 3 is 2.50 bits per heavy atom. The lowest BCUT2D eigenvalue weighted by Gasteiger charge is -2.00. The van der Waals surface area contributed by atoms with Crippen molar-refractivity contribution >= 4 is 5.91 Å². The Balaban J connectivity index is 2.68. The first-order valence-electron chi connectivity index (χ1n) is 1.48. The first-order chi connectivity index (χ1) is 2.79. The molecule has 1 aliphatic heterocycles. The molecule has 1 amide bonds. The van der Waals surface area contributed by atoms with Gasteiger partial charge < -0.3 is 5.21 Å². The maximum Gasteiger partial charge on any atom is 0.377 e. The summed E-state index contributed by atoms with van der Waals surface area (Å²) < 4.78 is 0. The standard InChI is InChI=1S/C2H2N2O2/c5-2-1-4(6)3-2/h1H2. The summed E-state index contributed by atoms with van der Waals surface area (Å²) in [7, 11) is 0. The average Bonchev–Trinajstić information content (AvgIpc) is 1.33. The summed E-state index contributed by atoms with van der Waals surface area (Å²) in [5.74, 6) is -0.329. The highest BCUT2D eigenvalue weighted by Crippen LogP contribution is 1.89. The Morgan fingerprint density at radius 1 is 2.00 bits per heavy atom. The van der Waals surface area contributed by atoms with Gasteiger partial charge in [-0.25, -0.2) is 0 Å². The first kappa shape index (κ1) is 3.27. The van der Waals surface area contributed by atoms with Gasteiger partial charge in [-0.15, -0.1) is 0 Å². The number of hydrogen-bond acceptors (Lipinski definition) is 2. The maximum atomic E-state index is 9.70. The summed E-state index contributed by atoms with van der Waals surface area (Å²) in [6, 6.07) is 0. The lowest BCUT2D eigenvalue weighted by molar-refractivity contribution is -0.541. The van der Waals surface area contributed by atoms with Crippen molar-refractivity contribution in [1.29, 1.82) is 0 Å². The van der Waals surface area contributed by atoms with E-state index in [-0.39, 0.29) is 12.5 Å². The Kier molecular flexibility index (Phi) is 0.418. The zero-order valence-corrected chi connectivity index (χ0v) is 2.92. The zero-order chi connectivity index (χ0) is 4.57. The number of azo groups is 1. The van der Waals surface area contributed by atoms with Gasteiger partial charge in [-0.2, -0.15) is 0 Å². The molecule has 0 aromatic heterocycles. The van der Waals surface area contributed by atoms with Crippen LogP contribution in [0.4, 0.5) is 0 Å². The molecule has 0 saturated heterocycles. The highest BCUT2D eigenvalue weighted by molar-refractivity contribution is 5.79. The molecular formula is C2H2N2O2. The molecule has 4 heteroatoms. The van der Waals surface area contributed by atoms with Crippen molar-refractivity contribution in [2.24, 2.45) is 5.11 Å². The first-order valence-corrected chi connectivity index (χ1v) is 1.48. The predicted molar refractivity (Wildman–Crippen MR) is 15.9 cm³/mol. The number of carbonyl (C=O) groups excluding carboxylic acids is 1. The van der Waals surface area contributed by atoms with Gasteiger partial charge in [0, 0.05) is 0 Å². The van der Waals surface area contributed by atoms with E-state index in [1.54, 1.807) is 0 Å². The van der Waals surface area contributed by atoms with E-state index in [4.69, 9.17) is 0 Å². The third-order valence-corrected chi connectivity index (χ3v) is 0.494. The summed E-state index contributed by atoms with van der Waals surface area (Å²) >= 11 is 0. The third kappa shape index (κ3) is 0.263. The van der Waals surface area contributed by atoms with Crippen LogP contribution >= 0.6 is 0 Å². The van der Waals surface area contributed by atoms with Crippen LogP contribution in [-0.4, -0.2) is 17.3 Å². The molecule has 0 saturated carbocycles. The van der Waals surface area contributed by atoms with Crippen LogP contribution in [0.25, 0.3) is 0 Å². The van der Waals surface area contributed by atoms with Gasteiger partial charge in [-0.05, 0) is 0 Å². The monoisotopic (exact) mass is 86.0 g/mol. The van der Waals surface area contributed by atoms with Crippen molar-refractivity contribution in [3.63, 3.8) is 0 Å². The van der Waals surface area contributed by atoms with Gasteiger partial charge in [0.15, 0.2) is 0 Å². The molecule has 0 fully saturated rings. The summed E-state index contributed by atoms with van der Waals surface area (Å²) in [5.41, 5.74) is 0. The number of carbonyl (C=O) groups is 1. The SMILES string of the molecule is O=C1C[N+]([O-])=N1. The molecule has 0 N–H and O–H groups in total. The Hall–Kier alpha value is -0.930. The van der Waals surface area contributed by atoms with Crippen LogP contribution in [-0.2, 0) is 4.79 Å². The lowest BCUT2D eigenvalue weighted by atomic mass is 10.6. The van der Waals surface area contributed by atoms with E-state index in [1.807, 2.05) is 0 Å². The smallest absolute Gasteiger partial charge is 0.377 e. The largest absolute Gasteiger partial charge is 0.599 e. The molecule has 0 aromatic carbocycles. The molecule has 1 aliphatic rings. The minimum atomic E-state index is -0.329. The van der Waals surface area contributed by atoms with E-state index in [0.717, 1.165) is 0 Å². The molecule has 0 bridgehead atoms. The van der Waals surface area contributed by atoms with Crippen molar-refractivity contribution in [1.82, 2.24) is 0 Å². The van der Waals surface area contributed by atoms with Crippen molar-refractivity contribution in [3.05, 3.63) is 5.21 Å². The summed E-state index contributed by atoms with van der Waals surface area (Å²) in [6.45, 7) is -0.0556. The molecule has 0 atom stereocenters. The van der Waals surface area contributed by atoms with Crippen LogP contribution < -0.4 is 0 Å². The second-order valence-corrected chi connectivity index (χ2v) is 1.00. The van der Waals surface area contributed by atoms with Crippen molar-refractivity contribution < 1.29 is 9.66 Å². The van der Waals surface area contributed by atoms with Gasteiger partial charge in [-0.1, -0.05) is 4.86 Å². The third-order valence-electron chi connectivity index (χ3n) is 0.494. The number of nitrogens with zero attached hydrogens (tertiary/aromatic N) is 2. The van der Waals surface area contributed by atoms with Gasteiger partial charge in [0.05, 0.1) is 5.11 Å². The van der Waals surface area contributed by atoms with E-state index < -0.39 is 0 Å². The second-order valence-electron chi connectivity index (χ2n) is 1.00. The van der Waals surface area contributed by atoms with Crippen LogP contribution in [0.5, 0.6) is 0 Å². The maximum absolute atomic E-state index is 9.70. The molecule has 1 rings (SSSR count). The van der Waals surface area contributed by atoms with Gasteiger partial charge in [0.1, 0.15) is 0 Å². The van der Waals surface area contributed by atoms with Crippen molar-refractivity contribution in [2.45, 2.75) is 0 Å². The number of rotatable bonds is 0. The lowest BCUT2D eigenvalue weighted by Crippen LogP contribution is -2.23. The highest BCUT2D eigenvalue weighted by Gasteiger charge is 2.19. The molecule has 1 heterocycles. The van der Waals surface area contributed by atoms with Gasteiger partial charge in [0.25, 0.3) is 6.54 Å². The molecule has 4 nitrogen and oxygen atoms in total. The molecule has 0 aromatic rings. The van der Waals surface area contributed by atoms with Crippen LogP contribution in [0.3, 0.4) is 0 Å². The quantitative estimate of drug-likeness (QED) is 0.294. The molecule has 32 valence electrons. The number of amides is 1. The molecular weight excluding hydrogens is 84.0 g/mol. The Morgan fingerprint density at radius 2 is 2.50 bits per heavy atom. The number of hydroxylamine groups is 1. The van der Waals surface area contributed by atoms with E-state index in [2.05, 4.69) is 5.11 Å². The molecule has 0 spiro atoms. The predicted octanol–water partition coefficient (Wildman–Crippen LogP) is -0.511. The fourth-order valence-electron chi connectivity index (χ4n) is 0.229. The normalized spacial score (nSPS) is 19.3. The Labute approximate surface area is 33.7 Å². The summed E-state index contributed by atoms with van der Waals surface area (Å²) in [5, 5.41) is 12.5. The van der Waals surface area contributed by atoms with Crippen LogP contribution in [0, 0.1) is 5.21 Å². The fraction of sp³-hybridized carbons (Fsp3) is 0.500. The van der Waals surface area contributed by atoms with E-state index >= 15 is 0 Å². The minimum absolute atomic E-state index is 0.0556. The molecule has 0 aliphatic carbocycles. The van der Waals surface area contributed by atoms with Gasteiger partial charge in [-0.3, -0.25) is 4.79 Å². The topological polar surface area (TPSA) is 55.5 Å². The molecule has 6 heavy (non-hydrogen) atoms. The minimum Gasteiger partial charge on any atom is -0.599 e. The second kappa shape index (κ2) is 0.767. The molecule has 0 radical (unpaired) electrons. The van der Waals surface area contributed by atoms with E-state index in [0.29, 0.717) is 4.86 Å².